The van der Waals surface area contributed by atoms with Crippen molar-refractivity contribution in [1.82, 2.24) is 20.1 Å². The Morgan fingerprint density at radius 2 is 2.15 bits per heavy atom. The van der Waals surface area contributed by atoms with Crippen LogP contribution in [0.3, 0.4) is 0 Å². The standard InChI is InChI=1S/C15H28N4S/c1-5-6-13-14(10-16-2)20-15(17-13)9-12-11-18(3)7-8-19(12)4/h12,16H,5-11H2,1-4H3. The monoisotopic (exact) mass is 296 g/mol. The molecule has 1 N–H and O–H groups in total. The first-order valence-corrected chi connectivity index (χ1v) is 8.46. The van der Waals surface area contributed by atoms with Gasteiger partial charge in [-0.1, -0.05) is 13.3 Å². The second-order valence-corrected chi connectivity index (χ2v) is 7.03. The summed E-state index contributed by atoms with van der Waals surface area (Å²) >= 11 is 1.90. The van der Waals surface area contributed by atoms with Crippen molar-refractivity contribution in [1.29, 1.82) is 0 Å². The maximum absolute atomic E-state index is 4.91. The summed E-state index contributed by atoms with van der Waals surface area (Å²) < 4.78 is 0. The average molecular weight is 296 g/mol. The van der Waals surface area contributed by atoms with Gasteiger partial charge in [0.2, 0.25) is 0 Å². The lowest BCUT2D eigenvalue weighted by molar-refractivity contribution is 0.114. The molecule has 1 aliphatic rings. The quantitative estimate of drug-likeness (QED) is 0.864. The third-order valence-corrected chi connectivity index (χ3v) is 5.16. The van der Waals surface area contributed by atoms with Gasteiger partial charge in [-0.05, 0) is 27.6 Å². The van der Waals surface area contributed by atoms with Gasteiger partial charge in [-0.3, -0.25) is 0 Å². The minimum absolute atomic E-state index is 0.608. The minimum atomic E-state index is 0.608. The Morgan fingerprint density at radius 1 is 1.35 bits per heavy atom. The van der Waals surface area contributed by atoms with E-state index in [1.807, 2.05) is 18.4 Å². The zero-order valence-electron chi connectivity index (χ0n) is 13.3. The molecule has 2 heterocycles. The SMILES string of the molecule is CCCc1nc(CC2CN(C)CCN2C)sc1CNC. The fourth-order valence-corrected chi connectivity index (χ4v) is 3.98. The summed E-state index contributed by atoms with van der Waals surface area (Å²) in [5.41, 5.74) is 1.31. The maximum Gasteiger partial charge on any atom is 0.0947 e. The number of nitrogens with one attached hydrogen (secondary N) is 1. The number of aromatic nitrogens is 1. The minimum Gasteiger partial charge on any atom is -0.315 e. The third-order valence-electron chi connectivity index (χ3n) is 4.04. The van der Waals surface area contributed by atoms with Crippen LogP contribution in [0, 0.1) is 0 Å². The van der Waals surface area contributed by atoms with Crippen molar-refractivity contribution in [2.45, 2.75) is 38.8 Å². The van der Waals surface area contributed by atoms with Crippen LogP contribution in [-0.2, 0) is 19.4 Å². The van der Waals surface area contributed by atoms with Crippen LogP contribution in [0.15, 0.2) is 0 Å². The number of rotatable bonds is 6. The van der Waals surface area contributed by atoms with E-state index in [1.165, 1.54) is 28.5 Å². The van der Waals surface area contributed by atoms with E-state index in [1.54, 1.807) is 0 Å². The van der Waals surface area contributed by atoms with E-state index in [9.17, 15) is 0 Å². The Bertz CT molecular complexity index is 395. The highest BCUT2D eigenvalue weighted by Crippen LogP contribution is 2.23. The normalized spacial score (nSPS) is 21.5. The summed E-state index contributed by atoms with van der Waals surface area (Å²) in [7, 11) is 6.47. The molecule has 1 saturated heterocycles. The molecule has 1 aromatic heterocycles. The molecular formula is C15H28N4S. The van der Waals surface area contributed by atoms with Gasteiger partial charge in [0.05, 0.1) is 10.7 Å². The van der Waals surface area contributed by atoms with Crippen molar-refractivity contribution in [2.75, 3.05) is 40.8 Å². The number of hydrogen-bond donors (Lipinski definition) is 1. The number of thiazole rings is 1. The lowest BCUT2D eigenvalue weighted by Crippen LogP contribution is -2.50. The van der Waals surface area contributed by atoms with Crippen LogP contribution in [0.5, 0.6) is 0 Å². The zero-order valence-corrected chi connectivity index (χ0v) is 14.1. The zero-order chi connectivity index (χ0) is 14.5. The second kappa shape index (κ2) is 7.50. The van der Waals surface area contributed by atoms with Crippen molar-refractivity contribution in [3.63, 3.8) is 0 Å². The highest BCUT2D eigenvalue weighted by molar-refractivity contribution is 7.11. The summed E-state index contributed by atoms with van der Waals surface area (Å²) in [6.07, 6.45) is 3.37. The predicted molar refractivity (Wildman–Crippen MR) is 86.5 cm³/mol. The Kier molecular flexibility index (Phi) is 5.96. The molecule has 4 nitrogen and oxygen atoms in total. The van der Waals surface area contributed by atoms with Crippen LogP contribution in [0.2, 0.25) is 0 Å². The fourth-order valence-electron chi connectivity index (χ4n) is 2.78. The molecule has 0 radical (unpaired) electrons. The second-order valence-electron chi connectivity index (χ2n) is 5.86. The van der Waals surface area contributed by atoms with Gasteiger partial charge >= 0.3 is 0 Å². The summed E-state index contributed by atoms with van der Waals surface area (Å²) in [5, 5.41) is 4.58. The number of likely N-dealkylation sites (N-methyl/N-ethyl adjacent to an activating group) is 2. The Morgan fingerprint density at radius 3 is 2.85 bits per heavy atom. The van der Waals surface area contributed by atoms with Gasteiger partial charge in [0.25, 0.3) is 0 Å². The first kappa shape index (κ1) is 15.9. The lowest BCUT2D eigenvalue weighted by Gasteiger charge is -2.37. The molecule has 1 aliphatic heterocycles. The first-order chi connectivity index (χ1) is 9.63. The molecule has 0 aromatic carbocycles. The summed E-state index contributed by atoms with van der Waals surface area (Å²) in [6.45, 7) is 6.68. The predicted octanol–water partition coefficient (Wildman–Crippen LogP) is 1.60. The van der Waals surface area contributed by atoms with Crippen LogP contribution in [0.4, 0.5) is 0 Å². The molecule has 0 bridgehead atoms. The summed E-state index contributed by atoms with van der Waals surface area (Å²) in [5.74, 6) is 0. The number of aryl methyl sites for hydroxylation is 1. The Hall–Kier alpha value is -0.490. The lowest BCUT2D eigenvalue weighted by atomic mass is 10.1. The maximum atomic E-state index is 4.91. The first-order valence-electron chi connectivity index (χ1n) is 7.64. The van der Waals surface area contributed by atoms with Gasteiger partial charge in [0, 0.05) is 43.5 Å². The molecule has 0 saturated carbocycles. The highest BCUT2D eigenvalue weighted by Gasteiger charge is 2.24. The molecule has 2 rings (SSSR count). The van der Waals surface area contributed by atoms with E-state index in [4.69, 9.17) is 4.98 Å². The Labute approximate surface area is 127 Å². The van der Waals surface area contributed by atoms with Gasteiger partial charge in [0.1, 0.15) is 0 Å². The molecule has 1 unspecified atom stereocenters. The van der Waals surface area contributed by atoms with Gasteiger partial charge < -0.3 is 15.1 Å². The molecule has 1 fully saturated rings. The van der Waals surface area contributed by atoms with E-state index < -0.39 is 0 Å². The van der Waals surface area contributed by atoms with Crippen molar-refractivity contribution in [3.8, 4) is 0 Å². The molecule has 1 aromatic rings. The molecule has 1 atom stereocenters. The third kappa shape index (κ3) is 4.01. The van der Waals surface area contributed by atoms with Crippen molar-refractivity contribution in [2.24, 2.45) is 0 Å². The number of nitrogens with zero attached hydrogens (tertiary/aromatic N) is 3. The van der Waals surface area contributed by atoms with Gasteiger partial charge in [-0.2, -0.15) is 0 Å². The van der Waals surface area contributed by atoms with Crippen molar-refractivity contribution >= 4 is 11.3 Å². The Balaban J connectivity index is 2.06. The van der Waals surface area contributed by atoms with Gasteiger partial charge in [0.15, 0.2) is 0 Å². The van der Waals surface area contributed by atoms with E-state index >= 15 is 0 Å². The number of piperazine rings is 1. The van der Waals surface area contributed by atoms with Gasteiger partial charge in [-0.25, -0.2) is 4.98 Å². The van der Waals surface area contributed by atoms with Crippen LogP contribution in [-0.4, -0.2) is 61.6 Å². The molecule has 0 amide bonds. The van der Waals surface area contributed by atoms with Crippen LogP contribution >= 0.6 is 11.3 Å². The molecule has 20 heavy (non-hydrogen) atoms. The highest BCUT2D eigenvalue weighted by atomic mass is 32.1. The summed E-state index contributed by atoms with van der Waals surface area (Å²) in [4.78, 5) is 11.2. The van der Waals surface area contributed by atoms with Crippen LogP contribution < -0.4 is 5.32 Å². The van der Waals surface area contributed by atoms with E-state index in [0.717, 1.165) is 32.5 Å². The molecule has 0 spiro atoms. The molecule has 0 aliphatic carbocycles. The topological polar surface area (TPSA) is 31.4 Å². The fraction of sp³-hybridized carbons (Fsp3) is 0.800. The van der Waals surface area contributed by atoms with Crippen molar-refractivity contribution in [3.05, 3.63) is 15.6 Å². The molecule has 5 heteroatoms. The largest absolute Gasteiger partial charge is 0.315 e. The van der Waals surface area contributed by atoms with Gasteiger partial charge in [-0.15, -0.1) is 11.3 Å². The van der Waals surface area contributed by atoms with Crippen LogP contribution in [0.1, 0.15) is 28.9 Å². The van der Waals surface area contributed by atoms with E-state index in [2.05, 4.69) is 36.1 Å². The molecular weight excluding hydrogens is 268 g/mol. The average Bonchev–Trinajstić information content (AvgIpc) is 2.77. The van der Waals surface area contributed by atoms with E-state index in [-0.39, 0.29) is 0 Å². The number of hydrogen-bond acceptors (Lipinski definition) is 5. The van der Waals surface area contributed by atoms with Crippen molar-refractivity contribution < 1.29 is 0 Å². The summed E-state index contributed by atoms with van der Waals surface area (Å²) in [6, 6.07) is 0.608. The molecule has 114 valence electrons. The smallest absolute Gasteiger partial charge is 0.0947 e. The van der Waals surface area contributed by atoms with Crippen LogP contribution in [0.25, 0.3) is 0 Å². The van der Waals surface area contributed by atoms with E-state index in [0.29, 0.717) is 6.04 Å².